The van der Waals surface area contributed by atoms with Crippen LogP contribution >= 0.6 is 0 Å². The molecule has 43 heavy (non-hydrogen) atoms. The number of phenolic OH excluding ortho intramolecular Hbond substituents is 1. The van der Waals surface area contributed by atoms with Gasteiger partial charge in [0.1, 0.15) is 29.2 Å². The number of nitrogen functional groups attached to an aromatic ring is 1. The van der Waals surface area contributed by atoms with E-state index in [0.717, 1.165) is 22.8 Å². The number of imidazole rings is 1. The molecule has 0 spiro atoms. The van der Waals surface area contributed by atoms with Gasteiger partial charge in [0, 0.05) is 37.6 Å². The van der Waals surface area contributed by atoms with Crippen LogP contribution in [0.25, 0.3) is 21.9 Å². The van der Waals surface area contributed by atoms with Gasteiger partial charge in [0.25, 0.3) is 5.91 Å². The van der Waals surface area contributed by atoms with Crippen molar-refractivity contribution >= 4 is 45.3 Å². The highest BCUT2D eigenvalue weighted by molar-refractivity contribution is 6.06. The number of anilines is 1. The normalized spacial score (nSPS) is 11.4. The zero-order valence-corrected chi connectivity index (χ0v) is 24.7. The molecule has 0 unspecified atom stereocenters. The number of nitrogens with zero attached hydrogens (tertiary/aromatic N) is 5. The number of hydrogen-bond donors (Lipinski definition) is 5. The van der Waals surface area contributed by atoms with Gasteiger partial charge in [0.05, 0.1) is 22.1 Å². The van der Waals surface area contributed by atoms with Gasteiger partial charge in [-0.15, -0.1) is 0 Å². The smallest absolute Gasteiger partial charge is 0.255 e. The number of pyridine rings is 1. The average Bonchev–Trinajstić information content (AvgIpc) is 3.31. The Kier molecular flexibility index (Phi) is 10.0. The molecule has 0 aliphatic heterocycles. The second-order valence-electron chi connectivity index (χ2n) is 10.9. The lowest BCUT2D eigenvalue weighted by Crippen LogP contribution is -2.46. The summed E-state index contributed by atoms with van der Waals surface area (Å²) in [4.78, 5) is 37.5. The molecular weight excluding hydrogens is 550 g/mol. The van der Waals surface area contributed by atoms with Crippen molar-refractivity contribution in [2.45, 2.75) is 65.1 Å². The first kappa shape index (κ1) is 31.1. The molecule has 2 aromatic carbocycles. The van der Waals surface area contributed by atoms with E-state index < -0.39 is 11.4 Å². The highest BCUT2D eigenvalue weighted by Crippen LogP contribution is 2.30. The largest absolute Gasteiger partial charge is 0.507 e. The molecule has 2 heterocycles. The van der Waals surface area contributed by atoms with E-state index in [1.807, 2.05) is 45.0 Å². The summed E-state index contributed by atoms with van der Waals surface area (Å²) in [6.07, 6.45) is 2.43. The molecule has 2 amide bonds. The maximum absolute atomic E-state index is 12.9. The fourth-order valence-electron chi connectivity index (χ4n) is 4.97. The summed E-state index contributed by atoms with van der Waals surface area (Å²) in [7, 11) is 0. The van der Waals surface area contributed by atoms with Crippen molar-refractivity contribution in [3.05, 3.63) is 53.9 Å². The first-order valence-corrected chi connectivity index (χ1v) is 14.2. The van der Waals surface area contributed by atoms with Gasteiger partial charge in [-0.3, -0.25) is 9.59 Å². The molecule has 0 saturated carbocycles. The Morgan fingerprint density at radius 2 is 1.95 bits per heavy atom. The molecule has 0 atom stereocenters. The van der Waals surface area contributed by atoms with Gasteiger partial charge >= 0.3 is 0 Å². The number of para-hydroxylation sites is 1. The molecule has 4 aromatic rings. The summed E-state index contributed by atoms with van der Waals surface area (Å²) in [6, 6.07) is 12.0. The summed E-state index contributed by atoms with van der Waals surface area (Å²) >= 11 is 0. The summed E-state index contributed by atoms with van der Waals surface area (Å²) in [6.45, 7) is 7.58. The van der Waals surface area contributed by atoms with Gasteiger partial charge in [-0.25, -0.2) is 9.97 Å². The fraction of sp³-hybridized carbons (Fsp3) is 0.400. The highest BCUT2D eigenvalue weighted by Gasteiger charge is 2.26. The van der Waals surface area contributed by atoms with Crippen LogP contribution in [0.5, 0.6) is 5.75 Å². The maximum Gasteiger partial charge on any atom is 0.255 e. The number of aromatic hydroxyl groups is 1. The van der Waals surface area contributed by atoms with Crippen LogP contribution in [0.1, 0.15) is 62.6 Å². The summed E-state index contributed by atoms with van der Waals surface area (Å²) in [5, 5.41) is 20.4. The van der Waals surface area contributed by atoms with Crippen molar-refractivity contribution < 1.29 is 19.4 Å². The van der Waals surface area contributed by atoms with Gasteiger partial charge in [0.2, 0.25) is 10.8 Å². The zero-order chi connectivity index (χ0) is 31.0. The number of phenols is 1. The van der Waals surface area contributed by atoms with Crippen LogP contribution in [0.2, 0.25) is 0 Å². The number of hydrogen-bond acceptors (Lipinski definition) is 9. The Labute approximate surface area is 249 Å². The molecule has 0 aliphatic carbocycles. The van der Waals surface area contributed by atoms with Crippen LogP contribution in [0.3, 0.4) is 0 Å². The number of unbranched alkanes of at least 4 members (excludes halogenated alkanes) is 2. The van der Waals surface area contributed by atoms with Crippen LogP contribution in [0.4, 0.5) is 11.5 Å². The van der Waals surface area contributed by atoms with Crippen molar-refractivity contribution in [1.82, 2.24) is 30.1 Å². The third-order valence-corrected chi connectivity index (χ3v) is 6.91. The number of ether oxygens (including phenoxy) is 1. The van der Waals surface area contributed by atoms with E-state index in [9.17, 15) is 14.7 Å². The number of nitrogens with one attached hydrogen (secondary N) is 3. The van der Waals surface area contributed by atoms with Gasteiger partial charge in [0.15, 0.2) is 16.6 Å². The standard InChI is InChI=1S/C30H37N9O4/c1-4-43-17-24-35-26-27(20-10-7-8-11-22(20)34-28(26)31)39(24)18-30(2,3)36-25(41)12-6-5-9-15-33-29(42)21-14-13-19(37-38-32)16-23(21)40/h7-8,10-11,13-14,16,32H,4-6,9,12,15,17-18H2,1-3H3,(H4-,31,33,34,36,40,41,42)/p+1. The minimum Gasteiger partial charge on any atom is -0.507 e. The summed E-state index contributed by atoms with van der Waals surface area (Å²) in [5.74, 6) is 0.362. The Hall–Kier alpha value is -4.87. The quantitative estimate of drug-likeness (QED) is 0.0813. The number of aromatic nitrogens is 3. The second kappa shape index (κ2) is 13.9. The number of benzene rings is 2. The van der Waals surface area contributed by atoms with E-state index in [1.165, 1.54) is 18.2 Å². The van der Waals surface area contributed by atoms with Gasteiger partial charge in [-0.2, -0.15) is 0 Å². The van der Waals surface area contributed by atoms with Crippen LogP contribution in [0, 0.1) is 5.53 Å². The Morgan fingerprint density at radius 3 is 2.70 bits per heavy atom. The SMILES string of the molecule is CCOCc1nc2c(N)nc3ccccc3c2n1CC(C)(C)NC(=O)CCCCCNC(=O)c1ccc(N=[N+]=N)cc1O. The van der Waals surface area contributed by atoms with Gasteiger partial charge in [-0.1, -0.05) is 24.6 Å². The Morgan fingerprint density at radius 1 is 1.16 bits per heavy atom. The molecule has 4 rings (SSSR count). The highest BCUT2D eigenvalue weighted by atomic mass is 16.5. The van der Waals surface area contributed by atoms with Crippen LogP contribution in [0.15, 0.2) is 47.6 Å². The molecule has 13 nitrogen and oxygen atoms in total. The van der Waals surface area contributed by atoms with E-state index in [-0.39, 0.29) is 22.9 Å². The maximum atomic E-state index is 12.9. The monoisotopic (exact) mass is 588 g/mol. The van der Waals surface area contributed by atoms with E-state index in [0.29, 0.717) is 62.7 Å². The Balaban J connectivity index is 1.32. The van der Waals surface area contributed by atoms with Crippen molar-refractivity contribution in [1.29, 1.82) is 5.53 Å². The number of fused-ring (bicyclic) bond motifs is 3. The minimum absolute atomic E-state index is 0.0642. The van der Waals surface area contributed by atoms with Crippen LogP contribution in [-0.2, 0) is 22.7 Å². The van der Waals surface area contributed by atoms with Gasteiger partial charge < -0.3 is 30.8 Å². The summed E-state index contributed by atoms with van der Waals surface area (Å²) in [5.41, 5.74) is 15.1. The second-order valence-corrected chi connectivity index (χ2v) is 10.9. The molecular formula is C30H38N9O4+. The van der Waals surface area contributed by atoms with Crippen molar-refractivity contribution in [2.75, 3.05) is 18.9 Å². The lowest BCUT2D eigenvalue weighted by molar-refractivity contribution is -0.122. The predicted octanol–water partition coefficient (Wildman–Crippen LogP) is 4.48. The average molecular weight is 589 g/mol. The molecule has 0 radical (unpaired) electrons. The van der Waals surface area contributed by atoms with E-state index >= 15 is 0 Å². The minimum atomic E-state index is -0.599. The lowest BCUT2D eigenvalue weighted by atomic mass is 10.0. The molecule has 0 saturated heterocycles. The lowest BCUT2D eigenvalue weighted by Gasteiger charge is -2.28. The Bertz CT molecular complexity index is 1680. The van der Waals surface area contributed by atoms with E-state index in [1.54, 1.807) is 0 Å². The molecule has 13 heteroatoms. The van der Waals surface area contributed by atoms with Crippen molar-refractivity contribution in [3.8, 4) is 5.75 Å². The predicted molar refractivity (Wildman–Crippen MR) is 163 cm³/mol. The number of carbonyl (C=O) groups is 2. The summed E-state index contributed by atoms with van der Waals surface area (Å²) < 4.78 is 7.77. The molecule has 0 bridgehead atoms. The topological polar surface area (TPSA) is 195 Å². The number of rotatable bonds is 14. The zero-order valence-electron chi connectivity index (χ0n) is 24.7. The molecule has 6 N–H and O–H groups in total. The van der Waals surface area contributed by atoms with Crippen LogP contribution in [-0.4, -0.2) is 50.1 Å². The van der Waals surface area contributed by atoms with Crippen LogP contribution < -0.4 is 21.3 Å². The molecule has 2 aromatic heterocycles. The van der Waals surface area contributed by atoms with Gasteiger partial charge in [-0.05, 0) is 51.8 Å². The third kappa shape index (κ3) is 7.70. The van der Waals surface area contributed by atoms with Crippen molar-refractivity contribution in [2.24, 2.45) is 5.11 Å². The van der Waals surface area contributed by atoms with E-state index in [4.69, 9.17) is 21.0 Å². The first-order valence-electron chi connectivity index (χ1n) is 14.2. The first-order chi connectivity index (χ1) is 20.6. The molecule has 0 fully saturated rings. The number of carbonyl (C=O) groups excluding carboxylic acids is 2. The molecule has 226 valence electrons. The fourth-order valence-corrected chi connectivity index (χ4v) is 4.97. The van der Waals surface area contributed by atoms with Crippen molar-refractivity contribution in [3.63, 3.8) is 0 Å². The number of amides is 2. The molecule has 0 aliphatic rings. The van der Waals surface area contributed by atoms with E-state index in [2.05, 4.69) is 30.2 Å². The third-order valence-electron chi connectivity index (χ3n) is 6.91. The number of nitrogens with two attached hydrogens (primary N) is 1.